The molecule has 1 unspecified atom stereocenters. The molecule has 2 N–H and O–H groups in total. The Balaban J connectivity index is 1.98. The lowest BCUT2D eigenvalue weighted by atomic mass is 9.96. The van der Waals surface area contributed by atoms with E-state index >= 15 is 0 Å². The minimum atomic E-state index is -0.118. The van der Waals surface area contributed by atoms with Gasteiger partial charge in [-0.1, -0.05) is 0 Å². The van der Waals surface area contributed by atoms with Gasteiger partial charge in [-0.25, -0.2) is 0 Å². The van der Waals surface area contributed by atoms with Crippen LogP contribution in [0, 0.1) is 11.3 Å². The maximum atomic E-state index is 12.0. The van der Waals surface area contributed by atoms with Crippen molar-refractivity contribution >= 4 is 22.2 Å². The molecule has 0 fully saturated rings. The van der Waals surface area contributed by atoms with Crippen LogP contribution in [0.3, 0.4) is 0 Å². The van der Waals surface area contributed by atoms with Crippen molar-refractivity contribution in [3.8, 4) is 6.07 Å². The SMILES string of the molecule is COCC(C)NCC(=O)Nc1sc2c(c1C#N)CCCC2. The highest BCUT2D eigenvalue weighted by molar-refractivity contribution is 7.16. The number of carbonyl (C=O) groups is 1. The van der Waals surface area contributed by atoms with Crippen molar-refractivity contribution in [3.63, 3.8) is 0 Å². The van der Waals surface area contributed by atoms with Crippen molar-refractivity contribution in [3.05, 3.63) is 16.0 Å². The zero-order valence-electron chi connectivity index (χ0n) is 12.5. The summed E-state index contributed by atoms with van der Waals surface area (Å²) in [4.78, 5) is 13.2. The van der Waals surface area contributed by atoms with Crippen molar-refractivity contribution in [2.24, 2.45) is 0 Å². The van der Waals surface area contributed by atoms with Crippen LogP contribution in [0.2, 0.25) is 0 Å². The van der Waals surface area contributed by atoms with Crippen LogP contribution in [0.25, 0.3) is 0 Å². The van der Waals surface area contributed by atoms with E-state index in [1.165, 1.54) is 11.3 Å². The van der Waals surface area contributed by atoms with Crippen LogP contribution >= 0.6 is 11.3 Å². The van der Waals surface area contributed by atoms with Crippen molar-refractivity contribution < 1.29 is 9.53 Å². The van der Waals surface area contributed by atoms with Crippen LogP contribution < -0.4 is 10.6 Å². The van der Waals surface area contributed by atoms with Crippen molar-refractivity contribution in [1.29, 1.82) is 5.26 Å². The summed E-state index contributed by atoms with van der Waals surface area (Å²) >= 11 is 1.55. The van der Waals surface area contributed by atoms with Gasteiger partial charge in [0.25, 0.3) is 0 Å². The number of fused-ring (bicyclic) bond motifs is 1. The first-order valence-electron chi connectivity index (χ1n) is 7.22. The number of methoxy groups -OCH3 is 1. The number of carbonyl (C=O) groups excluding carboxylic acids is 1. The van der Waals surface area contributed by atoms with Crippen molar-refractivity contribution in [1.82, 2.24) is 5.32 Å². The monoisotopic (exact) mass is 307 g/mol. The van der Waals surface area contributed by atoms with Gasteiger partial charge in [0.2, 0.25) is 5.91 Å². The van der Waals surface area contributed by atoms with Crippen LogP contribution in [-0.4, -0.2) is 32.2 Å². The number of hydrogen-bond donors (Lipinski definition) is 2. The van der Waals surface area contributed by atoms with Gasteiger partial charge in [0.15, 0.2) is 0 Å². The highest BCUT2D eigenvalue weighted by Gasteiger charge is 2.21. The maximum Gasteiger partial charge on any atom is 0.238 e. The smallest absolute Gasteiger partial charge is 0.238 e. The van der Waals surface area contributed by atoms with E-state index in [0.717, 1.165) is 24.8 Å². The van der Waals surface area contributed by atoms with Crippen molar-refractivity contribution in [2.45, 2.75) is 38.6 Å². The largest absolute Gasteiger partial charge is 0.383 e. The number of hydrogen-bond acceptors (Lipinski definition) is 5. The minimum absolute atomic E-state index is 0.118. The lowest BCUT2D eigenvalue weighted by Crippen LogP contribution is -2.36. The standard InChI is InChI=1S/C15H21N3O2S/c1-10(9-20-2)17-8-14(19)18-15-12(7-16)11-5-3-4-6-13(11)21-15/h10,17H,3-6,8-9H2,1-2H3,(H,18,19). The minimum Gasteiger partial charge on any atom is -0.383 e. The Kier molecular flexibility index (Phi) is 5.74. The molecule has 1 aromatic heterocycles. The van der Waals surface area contributed by atoms with Crippen LogP contribution in [0.5, 0.6) is 0 Å². The number of rotatable bonds is 6. The topological polar surface area (TPSA) is 74.2 Å². The Labute approximate surface area is 129 Å². The summed E-state index contributed by atoms with van der Waals surface area (Å²) < 4.78 is 5.01. The molecule has 1 aliphatic carbocycles. The first kappa shape index (κ1) is 16.0. The molecular weight excluding hydrogens is 286 g/mol. The van der Waals surface area contributed by atoms with E-state index < -0.39 is 0 Å². The molecule has 0 saturated heterocycles. The predicted octanol–water partition coefficient (Wildman–Crippen LogP) is 2.06. The number of amides is 1. The summed E-state index contributed by atoms with van der Waals surface area (Å²) in [6, 6.07) is 2.37. The highest BCUT2D eigenvalue weighted by atomic mass is 32.1. The van der Waals surface area contributed by atoms with E-state index in [1.807, 2.05) is 6.92 Å². The van der Waals surface area contributed by atoms with Crippen LogP contribution in [0.1, 0.15) is 35.8 Å². The van der Waals surface area contributed by atoms with E-state index in [-0.39, 0.29) is 18.5 Å². The van der Waals surface area contributed by atoms with E-state index in [1.54, 1.807) is 18.4 Å². The zero-order valence-corrected chi connectivity index (χ0v) is 13.3. The Morgan fingerprint density at radius 1 is 1.48 bits per heavy atom. The predicted molar refractivity (Wildman–Crippen MR) is 83.6 cm³/mol. The second-order valence-corrected chi connectivity index (χ2v) is 6.42. The lowest BCUT2D eigenvalue weighted by Gasteiger charge is -2.12. The van der Waals surface area contributed by atoms with E-state index in [9.17, 15) is 10.1 Å². The molecular formula is C15H21N3O2S. The molecule has 0 spiro atoms. The number of thiophene rings is 1. The molecule has 2 rings (SSSR count). The number of nitriles is 1. The van der Waals surface area contributed by atoms with Gasteiger partial charge in [0, 0.05) is 18.0 Å². The molecule has 1 heterocycles. The second kappa shape index (κ2) is 7.55. The summed E-state index contributed by atoms with van der Waals surface area (Å²) in [6.07, 6.45) is 4.27. The molecule has 5 nitrogen and oxygen atoms in total. The Morgan fingerprint density at radius 2 is 2.24 bits per heavy atom. The maximum absolute atomic E-state index is 12.0. The molecule has 1 atom stereocenters. The fourth-order valence-corrected chi connectivity index (χ4v) is 3.77. The molecule has 6 heteroatoms. The Hall–Kier alpha value is -1.42. The lowest BCUT2D eigenvalue weighted by molar-refractivity contribution is -0.115. The number of aryl methyl sites for hydroxylation is 1. The van der Waals surface area contributed by atoms with Gasteiger partial charge in [-0.3, -0.25) is 4.79 Å². The number of nitrogens with zero attached hydrogens (tertiary/aromatic N) is 1. The fourth-order valence-electron chi connectivity index (χ4n) is 2.52. The zero-order chi connectivity index (χ0) is 15.2. The third-order valence-electron chi connectivity index (χ3n) is 3.56. The molecule has 1 amide bonds. The average Bonchev–Trinajstić information content (AvgIpc) is 2.82. The first-order chi connectivity index (χ1) is 10.2. The average molecular weight is 307 g/mol. The van der Waals surface area contributed by atoms with Crippen LogP contribution in [0.15, 0.2) is 0 Å². The number of ether oxygens (including phenoxy) is 1. The number of nitrogens with one attached hydrogen (secondary N) is 2. The van der Waals surface area contributed by atoms with Crippen LogP contribution in [-0.2, 0) is 22.4 Å². The van der Waals surface area contributed by atoms with E-state index in [2.05, 4.69) is 16.7 Å². The highest BCUT2D eigenvalue weighted by Crippen LogP contribution is 2.37. The molecule has 0 saturated carbocycles. The quantitative estimate of drug-likeness (QED) is 0.843. The van der Waals surface area contributed by atoms with Gasteiger partial charge < -0.3 is 15.4 Å². The molecule has 0 radical (unpaired) electrons. The summed E-state index contributed by atoms with van der Waals surface area (Å²) in [6.45, 7) is 2.74. The summed E-state index contributed by atoms with van der Waals surface area (Å²) in [5.41, 5.74) is 1.80. The molecule has 21 heavy (non-hydrogen) atoms. The first-order valence-corrected chi connectivity index (χ1v) is 8.04. The van der Waals surface area contributed by atoms with Crippen LogP contribution in [0.4, 0.5) is 5.00 Å². The van der Waals surface area contributed by atoms with Gasteiger partial charge >= 0.3 is 0 Å². The van der Waals surface area contributed by atoms with Gasteiger partial charge in [-0.2, -0.15) is 5.26 Å². The third-order valence-corrected chi connectivity index (χ3v) is 4.77. The Bertz CT molecular complexity index is 548. The van der Waals surface area contributed by atoms with E-state index in [4.69, 9.17) is 4.74 Å². The summed E-state index contributed by atoms with van der Waals surface area (Å²) in [5.74, 6) is -0.118. The van der Waals surface area contributed by atoms with Gasteiger partial charge in [0.05, 0.1) is 18.7 Å². The summed E-state index contributed by atoms with van der Waals surface area (Å²) in [5, 5.41) is 16.0. The molecule has 1 aromatic rings. The molecule has 1 aliphatic rings. The molecule has 0 bridgehead atoms. The molecule has 0 aromatic carbocycles. The van der Waals surface area contributed by atoms with E-state index in [0.29, 0.717) is 17.2 Å². The van der Waals surface area contributed by atoms with Gasteiger partial charge in [-0.15, -0.1) is 11.3 Å². The number of anilines is 1. The van der Waals surface area contributed by atoms with Crippen molar-refractivity contribution in [2.75, 3.05) is 25.6 Å². The normalized spacial score (nSPS) is 15.1. The fraction of sp³-hybridized carbons (Fsp3) is 0.600. The second-order valence-electron chi connectivity index (χ2n) is 5.31. The third kappa shape index (κ3) is 4.03. The molecule has 114 valence electrons. The Morgan fingerprint density at radius 3 is 2.95 bits per heavy atom. The van der Waals surface area contributed by atoms with Gasteiger partial charge in [0.1, 0.15) is 11.1 Å². The summed E-state index contributed by atoms with van der Waals surface area (Å²) in [7, 11) is 1.63. The molecule has 0 aliphatic heterocycles. The van der Waals surface area contributed by atoms with Gasteiger partial charge in [-0.05, 0) is 38.2 Å².